The molecule has 138 valence electrons. The number of ether oxygens (including phenoxy) is 1. The highest BCUT2D eigenvalue weighted by atomic mass is 32.1. The molecule has 0 spiro atoms. The molecule has 0 aliphatic heterocycles. The van der Waals surface area contributed by atoms with Gasteiger partial charge in [0.1, 0.15) is 16.9 Å². The average molecular weight is 384 g/mol. The number of nitriles is 1. The number of hydrogen-bond acceptors (Lipinski definition) is 5. The first-order valence-electron chi connectivity index (χ1n) is 8.51. The van der Waals surface area contributed by atoms with Gasteiger partial charge in [-0.05, 0) is 55.0 Å². The van der Waals surface area contributed by atoms with E-state index in [0.29, 0.717) is 16.1 Å². The van der Waals surface area contributed by atoms with E-state index in [1.54, 1.807) is 6.07 Å². The SMILES string of the molecule is N#Cc1c(NC(=O)COC(=O)/C=C/c2cccc(F)c2)sc2c1CCCC2. The number of benzene rings is 1. The molecule has 1 N–H and O–H groups in total. The van der Waals surface area contributed by atoms with Crippen molar-refractivity contribution in [3.8, 4) is 6.07 Å². The van der Waals surface area contributed by atoms with Crippen LogP contribution in [-0.2, 0) is 27.2 Å². The smallest absolute Gasteiger partial charge is 0.331 e. The largest absolute Gasteiger partial charge is 0.452 e. The number of nitrogens with zero attached hydrogens (tertiary/aromatic N) is 1. The molecule has 1 aromatic heterocycles. The van der Waals surface area contributed by atoms with E-state index in [9.17, 15) is 19.2 Å². The van der Waals surface area contributed by atoms with E-state index in [1.807, 2.05) is 0 Å². The molecule has 0 radical (unpaired) electrons. The second kappa shape index (κ2) is 8.60. The van der Waals surface area contributed by atoms with Crippen molar-refractivity contribution in [1.29, 1.82) is 5.26 Å². The maximum Gasteiger partial charge on any atom is 0.331 e. The fourth-order valence-corrected chi connectivity index (χ4v) is 4.15. The van der Waals surface area contributed by atoms with Gasteiger partial charge in [-0.25, -0.2) is 9.18 Å². The molecule has 1 aliphatic carbocycles. The molecule has 7 heteroatoms. The standard InChI is InChI=1S/C20H17FN2O3S/c21-14-5-3-4-13(10-14)8-9-19(25)26-12-18(24)23-20-16(11-22)15-6-1-2-7-17(15)27-20/h3-5,8-10H,1-2,6-7,12H2,(H,23,24)/b9-8+. The zero-order chi connectivity index (χ0) is 19.2. The number of amides is 1. The molecular weight excluding hydrogens is 367 g/mol. The second-order valence-corrected chi connectivity index (χ2v) is 7.18. The number of thiophene rings is 1. The first-order valence-corrected chi connectivity index (χ1v) is 9.33. The van der Waals surface area contributed by atoms with Crippen LogP contribution >= 0.6 is 11.3 Å². The van der Waals surface area contributed by atoms with E-state index in [-0.39, 0.29) is 0 Å². The Morgan fingerprint density at radius 3 is 2.93 bits per heavy atom. The summed E-state index contributed by atoms with van der Waals surface area (Å²) in [5, 5.41) is 12.6. The number of esters is 1. The third-order valence-corrected chi connectivity index (χ3v) is 5.35. The molecule has 1 aromatic carbocycles. The second-order valence-electron chi connectivity index (χ2n) is 6.07. The maximum atomic E-state index is 13.1. The van der Waals surface area contributed by atoms with Crippen LogP contribution in [0.3, 0.4) is 0 Å². The highest BCUT2D eigenvalue weighted by Crippen LogP contribution is 2.37. The Kier molecular flexibility index (Phi) is 5.99. The highest BCUT2D eigenvalue weighted by molar-refractivity contribution is 7.16. The summed E-state index contributed by atoms with van der Waals surface area (Å²) < 4.78 is 18.0. The maximum absolute atomic E-state index is 13.1. The number of anilines is 1. The Bertz CT molecular complexity index is 943. The van der Waals surface area contributed by atoms with Crippen LogP contribution in [0.1, 0.15) is 34.4 Å². The summed E-state index contributed by atoms with van der Waals surface area (Å²) in [5.74, 6) is -1.62. The zero-order valence-electron chi connectivity index (χ0n) is 14.5. The van der Waals surface area contributed by atoms with Gasteiger partial charge < -0.3 is 10.1 Å². The summed E-state index contributed by atoms with van der Waals surface area (Å²) in [6, 6.07) is 7.91. The van der Waals surface area contributed by atoms with E-state index >= 15 is 0 Å². The Balaban J connectivity index is 1.55. The van der Waals surface area contributed by atoms with Crippen LogP contribution < -0.4 is 5.32 Å². The van der Waals surface area contributed by atoms with Gasteiger partial charge in [-0.2, -0.15) is 5.26 Å². The lowest BCUT2D eigenvalue weighted by atomic mass is 9.96. The lowest BCUT2D eigenvalue weighted by molar-refractivity contribution is -0.142. The van der Waals surface area contributed by atoms with Crippen molar-refractivity contribution in [2.45, 2.75) is 25.7 Å². The van der Waals surface area contributed by atoms with Crippen LogP contribution in [0.4, 0.5) is 9.39 Å². The summed E-state index contributed by atoms with van der Waals surface area (Å²) in [6.45, 7) is -0.459. The van der Waals surface area contributed by atoms with Gasteiger partial charge in [-0.1, -0.05) is 12.1 Å². The van der Waals surface area contributed by atoms with E-state index in [0.717, 1.165) is 42.2 Å². The van der Waals surface area contributed by atoms with E-state index in [1.165, 1.54) is 35.6 Å². The normalized spacial score (nSPS) is 13.0. The van der Waals surface area contributed by atoms with Crippen molar-refractivity contribution in [3.05, 3.63) is 57.7 Å². The van der Waals surface area contributed by atoms with E-state index in [4.69, 9.17) is 4.74 Å². The number of fused-ring (bicyclic) bond motifs is 1. The summed E-state index contributed by atoms with van der Waals surface area (Å²) in [6.07, 6.45) is 6.44. The minimum absolute atomic E-state index is 0.406. The van der Waals surface area contributed by atoms with Gasteiger partial charge in [0.2, 0.25) is 0 Å². The van der Waals surface area contributed by atoms with Crippen molar-refractivity contribution in [3.63, 3.8) is 0 Å². The van der Waals surface area contributed by atoms with Gasteiger partial charge in [0.15, 0.2) is 6.61 Å². The molecule has 0 saturated heterocycles. The molecule has 3 rings (SSSR count). The van der Waals surface area contributed by atoms with E-state index < -0.39 is 24.3 Å². The molecule has 0 unspecified atom stereocenters. The van der Waals surface area contributed by atoms with Crippen molar-refractivity contribution in [2.24, 2.45) is 0 Å². The van der Waals surface area contributed by atoms with Crippen molar-refractivity contribution < 1.29 is 18.7 Å². The van der Waals surface area contributed by atoms with Crippen LogP contribution in [0.25, 0.3) is 6.08 Å². The number of nitrogens with one attached hydrogen (secondary N) is 1. The molecule has 5 nitrogen and oxygen atoms in total. The Hall–Kier alpha value is -2.98. The Labute approximate surface area is 160 Å². The molecule has 27 heavy (non-hydrogen) atoms. The molecule has 0 fully saturated rings. The van der Waals surface area contributed by atoms with Gasteiger partial charge in [0.05, 0.1) is 5.56 Å². The van der Waals surface area contributed by atoms with Crippen LogP contribution in [0.2, 0.25) is 0 Å². The molecule has 0 saturated carbocycles. The molecule has 0 bridgehead atoms. The van der Waals surface area contributed by atoms with Crippen LogP contribution in [0, 0.1) is 17.1 Å². The lowest BCUT2D eigenvalue weighted by Gasteiger charge is -2.09. The number of carbonyl (C=O) groups excluding carboxylic acids is 2. The molecule has 1 aliphatic rings. The van der Waals surface area contributed by atoms with Gasteiger partial charge >= 0.3 is 5.97 Å². The monoisotopic (exact) mass is 384 g/mol. The zero-order valence-corrected chi connectivity index (χ0v) is 15.3. The Morgan fingerprint density at radius 1 is 1.33 bits per heavy atom. The third kappa shape index (κ3) is 4.80. The first kappa shape index (κ1) is 18.8. The molecular formula is C20H17FN2O3S. The molecule has 2 aromatic rings. The van der Waals surface area contributed by atoms with Crippen molar-refractivity contribution in [2.75, 3.05) is 11.9 Å². The molecule has 1 heterocycles. The van der Waals surface area contributed by atoms with Gasteiger partial charge in [-0.15, -0.1) is 11.3 Å². The van der Waals surface area contributed by atoms with Crippen molar-refractivity contribution >= 4 is 34.3 Å². The number of aryl methyl sites for hydroxylation is 1. The van der Waals surface area contributed by atoms with Gasteiger partial charge in [-0.3, -0.25) is 4.79 Å². The number of carbonyl (C=O) groups is 2. The fourth-order valence-electron chi connectivity index (χ4n) is 2.89. The number of hydrogen-bond donors (Lipinski definition) is 1. The third-order valence-electron chi connectivity index (χ3n) is 4.14. The minimum atomic E-state index is -0.708. The quantitative estimate of drug-likeness (QED) is 0.628. The highest BCUT2D eigenvalue weighted by Gasteiger charge is 2.21. The van der Waals surface area contributed by atoms with Crippen molar-refractivity contribution in [1.82, 2.24) is 0 Å². The summed E-state index contributed by atoms with van der Waals surface area (Å²) in [5.41, 5.74) is 2.05. The predicted molar refractivity (Wildman–Crippen MR) is 101 cm³/mol. The lowest BCUT2D eigenvalue weighted by Crippen LogP contribution is -2.20. The average Bonchev–Trinajstić information content (AvgIpc) is 3.01. The topological polar surface area (TPSA) is 79.2 Å². The van der Waals surface area contributed by atoms with Crippen LogP contribution in [-0.4, -0.2) is 18.5 Å². The fraction of sp³-hybridized carbons (Fsp3) is 0.250. The van der Waals surface area contributed by atoms with Gasteiger partial charge in [0, 0.05) is 11.0 Å². The molecule has 0 atom stereocenters. The molecule has 1 amide bonds. The number of rotatable bonds is 5. The summed E-state index contributed by atoms with van der Waals surface area (Å²) in [7, 11) is 0. The summed E-state index contributed by atoms with van der Waals surface area (Å²) >= 11 is 1.41. The minimum Gasteiger partial charge on any atom is -0.452 e. The summed E-state index contributed by atoms with van der Waals surface area (Å²) in [4.78, 5) is 24.9. The van der Waals surface area contributed by atoms with Crippen LogP contribution in [0.5, 0.6) is 0 Å². The van der Waals surface area contributed by atoms with Crippen LogP contribution in [0.15, 0.2) is 30.3 Å². The Morgan fingerprint density at radius 2 is 2.15 bits per heavy atom. The number of halogens is 1. The predicted octanol–water partition coefficient (Wildman–Crippen LogP) is 3.83. The van der Waals surface area contributed by atoms with Gasteiger partial charge in [0.25, 0.3) is 5.91 Å². The van der Waals surface area contributed by atoms with E-state index in [2.05, 4.69) is 11.4 Å². The first-order chi connectivity index (χ1) is 13.1.